The number of nitrogens with zero attached hydrogens (tertiary/aromatic N) is 1. The highest BCUT2D eigenvalue weighted by Crippen LogP contribution is 2.32. The minimum atomic E-state index is -3.73. The van der Waals surface area contributed by atoms with Crippen molar-refractivity contribution in [1.82, 2.24) is 10.6 Å². The van der Waals surface area contributed by atoms with E-state index in [-0.39, 0.29) is 21.7 Å². The van der Waals surface area contributed by atoms with Crippen molar-refractivity contribution in [3.8, 4) is 5.75 Å². The fourth-order valence-electron chi connectivity index (χ4n) is 4.48. The van der Waals surface area contributed by atoms with E-state index in [1.807, 2.05) is 6.92 Å². The van der Waals surface area contributed by atoms with Crippen LogP contribution in [0.5, 0.6) is 5.75 Å². The largest absolute Gasteiger partial charge is 0.496 e. The van der Waals surface area contributed by atoms with Gasteiger partial charge in [-0.2, -0.15) is 0 Å². The van der Waals surface area contributed by atoms with E-state index in [0.29, 0.717) is 28.4 Å². The summed E-state index contributed by atoms with van der Waals surface area (Å²) in [6.45, 7) is 3.62. The van der Waals surface area contributed by atoms with Crippen LogP contribution in [-0.2, 0) is 14.6 Å². The standard InChI is InChI=1S/C26H32N4O4S/c1-16-9-11-19(12-10-16)35(32,33)20-13-14-21(22(15-20)34-3)25-29-23(17(2)27)24(26(31)30-25)28-18-7-5-4-6-8-18/h9-15,18,25,29H,4-8,27H2,1-3H3,(H,30,31). The predicted octanol–water partition coefficient (Wildman–Crippen LogP) is 3.52. The van der Waals surface area contributed by atoms with E-state index in [0.717, 1.165) is 31.2 Å². The van der Waals surface area contributed by atoms with Crippen LogP contribution in [0.2, 0.25) is 0 Å². The van der Waals surface area contributed by atoms with E-state index in [1.165, 1.54) is 25.7 Å². The Bertz CT molecular complexity index is 1270. The number of ether oxygens (including phenoxy) is 1. The van der Waals surface area contributed by atoms with Crippen molar-refractivity contribution in [3.05, 3.63) is 65.0 Å². The summed E-state index contributed by atoms with van der Waals surface area (Å²) in [5.41, 5.74) is 8.95. The average Bonchev–Trinajstić information content (AvgIpc) is 2.85. The molecule has 2 aromatic carbocycles. The monoisotopic (exact) mass is 496 g/mol. The lowest BCUT2D eigenvalue weighted by molar-refractivity contribution is -0.116. The number of aliphatic imine (C=N–C) groups is 1. The third-order valence-corrected chi connectivity index (χ3v) is 8.22. The molecule has 1 amide bonds. The zero-order chi connectivity index (χ0) is 25.2. The highest BCUT2D eigenvalue weighted by molar-refractivity contribution is 7.91. The predicted molar refractivity (Wildman–Crippen MR) is 135 cm³/mol. The molecule has 1 saturated heterocycles. The number of hydrogen-bond acceptors (Lipinski definition) is 7. The number of carbonyl (C=O) groups is 1. The van der Waals surface area contributed by atoms with Crippen molar-refractivity contribution in [2.24, 2.45) is 10.7 Å². The van der Waals surface area contributed by atoms with E-state index in [2.05, 4.69) is 10.6 Å². The zero-order valence-electron chi connectivity index (χ0n) is 20.3. The van der Waals surface area contributed by atoms with Crippen LogP contribution in [0.1, 0.15) is 56.3 Å². The van der Waals surface area contributed by atoms with Gasteiger partial charge < -0.3 is 21.1 Å². The Labute approximate surface area is 206 Å². The Balaban J connectivity index is 1.65. The molecule has 8 nitrogen and oxygen atoms in total. The van der Waals surface area contributed by atoms with Gasteiger partial charge in [-0.15, -0.1) is 0 Å². The zero-order valence-corrected chi connectivity index (χ0v) is 21.1. The van der Waals surface area contributed by atoms with Crippen molar-refractivity contribution < 1.29 is 17.9 Å². The third-order valence-electron chi connectivity index (χ3n) is 6.45. The Kier molecular flexibility index (Phi) is 7.16. The van der Waals surface area contributed by atoms with Gasteiger partial charge in [0, 0.05) is 11.3 Å². The number of nitrogens with one attached hydrogen (secondary N) is 2. The number of carbonyl (C=O) groups excluding carboxylic acids is 1. The van der Waals surface area contributed by atoms with Crippen LogP contribution < -0.4 is 21.1 Å². The van der Waals surface area contributed by atoms with Crippen molar-refractivity contribution in [2.75, 3.05) is 7.11 Å². The highest BCUT2D eigenvalue weighted by Gasteiger charge is 2.33. The summed E-state index contributed by atoms with van der Waals surface area (Å²) >= 11 is 0. The molecule has 0 radical (unpaired) electrons. The first-order chi connectivity index (χ1) is 16.7. The first kappa shape index (κ1) is 24.8. The molecule has 4 N–H and O–H groups in total. The van der Waals surface area contributed by atoms with Crippen molar-refractivity contribution in [1.29, 1.82) is 0 Å². The van der Waals surface area contributed by atoms with Crippen LogP contribution in [0.4, 0.5) is 0 Å². The molecular formula is C26H32N4O4S. The van der Waals surface area contributed by atoms with Crippen molar-refractivity contribution >= 4 is 21.5 Å². The van der Waals surface area contributed by atoms with Crippen LogP contribution in [-0.4, -0.2) is 33.2 Å². The molecule has 1 aliphatic carbocycles. The molecule has 2 aromatic rings. The molecule has 35 heavy (non-hydrogen) atoms. The molecule has 2 aliphatic rings. The molecule has 1 atom stereocenters. The molecular weight excluding hydrogens is 464 g/mol. The normalized spacial score (nSPS) is 21.9. The fourth-order valence-corrected chi connectivity index (χ4v) is 5.76. The second-order valence-electron chi connectivity index (χ2n) is 9.10. The lowest BCUT2D eigenvalue weighted by Crippen LogP contribution is -2.51. The van der Waals surface area contributed by atoms with E-state index in [9.17, 15) is 13.2 Å². The Hall–Kier alpha value is -3.33. The van der Waals surface area contributed by atoms with Gasteiger partial charge in [-0.3, -0.25) is 9.79 Å². The number of nitrogens with two attached hydrogens (primary N) is 1. The van der Waals surface area contributed by atoms with Crippen LogP contribution >= 0.6 is 0 Å². The maximum Gasteiger partial charge on any atom is 0.273 e. The number of amides is 1. The summed E-state index contributed by atoms with van der Waals surface area (Å²) in [5, 5.41) is 6.20. The summed E-state index contributed by atoms with van der Waals surface area (Å²) in [4.78, 5) is 18.1. The van der Waals surface area contributed by atoms with Gasteiger partial charge >= 0.3 is 0 Å². The molecule has 1 aliphatic heterocycles. The molecule has 1 saturated carbocycles. The van der Waals surface area contributed by atoms with Gasteiger partial charge in [-0.1, -0.05) is 43.0 Å². The molecule has 1 unspecified atom stereocenters. The summed E-state index contributed by atoms with van der Waals surface area (Å²) in [6, 6.07) is 11.4. The Morgan fingerprint density at radius 2 is 1.69 bits per heavy atom. The fraction of sp³-hybridized carbons (Fsp3) is 0.385. The van der Waals surface area contributed by atoms with Gasteiger partial charge in [0.2, 0.25) is 9.84 Å². The first-order valence-electron chi connectivity index (χ1n) is 11.8. The first-order valence-corrected chi connectivity index (χ1v) is 13.3. The van der Waals surface area contributed by atoms with Crippen LogP contribution in [0, 0.1) is 6.92 Å². The quantitative estimate of drug-likeness (QED) is 0.582. The number of methoxy groups -OCH3 is 1. The molecule has 0 aromatic heterocycles. The van der Waals surface area contributed by atoms with E-state index in [1.54, 1.807) is 37.3 Å². The summed E-state index contributed by atoms with van der Waals surface area (Å²) in [6.07, 6.45) is 4.67. The number of hydrogen-bond donors (Lipinski definition) is 3. The van der Waals surface area contributed by atoms with Crippen LogP contribution in [0.25, 0.3) is 0 Å². The molecule has 186 valence electrons. The molecule has 9 heteroatoms. The second kappa shape index (κ2) is 10.1. The molecule has 0 spiro atoms. The average molecular weight is 497 g/mol. The SMILES string of the molecule is COc1cc(S(=O)(=O)c2ccc(C)cc2)ccc1C1NC(=O)C(=NC2CCCCC2)C(=C(C)N)N1. The van der Waals surface area contributed by atoms with Gasteiger partial charge in [-0.05, 0) is 51.0 Å². The summed E-state index contributed by atoms with van der Waals surface area (Å²) in [7, 11) is -2.27. The van der Waals surface area contributed by atoms with Crippen molar-refractivity contribution in [2.45, 2.75) is 68.0 Å². The molecule has 1 heterocycles. The molecule has 2 fully saturated rings. The number of sulfone groups is 1. The van der Waals surface area contributed by atoms with Crippen LogP contribution in [0.3, 0.4) is 0 Å². The van der Waals surface area contributed by atoms with Crippen molar-refractivity contribution in [3.63, 3.8) is 0 Å². The van der Waals surface area contributed by atoms with Gasteiger partial charge in [0.15, 0.2) is 0 Å². The summed E-state index contributed by atoms with van der Waals surface area (Å²) < 4.78 is 31.8. The van der Waals surface area contributed by atoms with Gasteiger partial charge in [0.05, 0.1) is 28.6 Å². The van der Waals surface area contributed by atoms with Gasteiger partial charge in [0.1, 0.15) is 17.6 Å². The highest BCUT2D eigenvalue weighted by atomic mass is 32.2. The van der Waals surface area contributed by atoms with E-state index in [4.69, 9.17) is 15.5 Å². The summed E-state index contributed by atoms with van der Waals surface area (Å²) in [5.74, 6) is 0.00945. The minimum absolute atomic E-state index is 0.106. The number of allylic oxidation sites excluding steroid dienone is 1. The second-order valence-corrected chi connectivity index (χ2v) is 11.0. The lowest BCUT2D eigenvalue weighted by atomic mass is 9.95. The number of benzene rings is 2. The maximum absolute atomic E-state index is 13.1. The van der Waals surface area contributed by atoms with E-state index < -0.39 is 16.0 Å². The smallest absolute Gasteiger partial charge is 0.273 e. The number of rotatable bonds is 5. The van der Waals surface area contributed by atoms with Gasteiger partial charge in [-0.25, -0.2) is 8.42 Å². The maximum atomic E-state index is 13.1. The van der Waals surface area contributed by atoms with Gasteiger partial charge in [0.25, 0.3) is 5.91 Å². The topological polar surface area (TPSA) is 123 Å². The Morgan fingerprint density at radius 1 is 1.03 bits per heavy atom. The third kappa shape index (κ3) is 5.19. The minimum Gasteiger partial charge on any atom is -0.496 e. The lowest BCUT2D eigenvalue weighted by Gasteiger charge is -2.31. The van der Waals surface area contributed by atoms with Crippen LogP contribution in [0.15, 0.2) is 68.6 Å². The molecule has 4 rings (SSSR count). The van der Waals surface area contributed by atoms with E-state index >= 15 is 0 Å². The number of aryl methyl sites for hydroxylation is 1. The molecule has 0 bridgehead atoms. The Morgan fingerprint density at radius 3 is 2.31 bits per heavy atom.